The Bertz CT molecular complexity index is 204. The number of rotatable bonds is 3. The maximum atomic E-state index is 11.0. The van der Waals surface area contributed by atoms with E-state index in [0.29, 0.717) is 13.0 Å². The van der Waals surface area contributed by atoms with E-state index in [2.05, 4.69) is 0 Å². The van der Waals surface area contributed by atoms with Crippen LogP contribution in [0.15, 0.2) is 0 Å². The van der Waals surface area contributed by atoms with Crippen molar-refractivity contribution in [3.63, 3.8) is 0 Å². The SMILES string of the molecule is CCC(C)(C(=O)O)C1COCC1O. The fourth-order valence-corrected chi connectivity index (χ4v) is 1.72. The predicted molar refractivity (Wildman–Crippen MR) is 46.3 cm³/mol. The number of carbonyl (C=O) groups is 1. The van der Waals surface area contributed by atoms with Crippen LogP contribution >= 0.6 is 0 Å². The molecule has 13 heavy (non-hydrogen) atoms. The molecule has 1 rings (SSSR count). The highest BCUT2D eigenvalue weighted by Gasteiger charge is 2.46. The van der Waals surface area contributed by atoms with Gasteiger partial charge >= 0.3 is 5.97 Å². The maximum absolute atomic E-state index is 11.0. The van der Waals surface area contributed by atoms with E-state index in [1.165, 1.54) is 0 Å². The third-order valence-electron chi connectivity index (χ3n) is 3.09. The van der Waals surface area contributed by atoms with E-state index in [-0.39, 0.29) is 12.5 Å². The number of aliphatic carboxylic acids is 1. The lowest BCUT2D eigenvalue weighted by Crippen LogP contribution is -2.41. The zero-order valence-electron chi connectivity index (χ0n) is 7.99. The molecule has 0 aromatic heterocycles. The molecule has 1 aliphatic rings. The third-order valence-corrected chi connectivity index (χ3v) is 3.09. The molecule has 0 bridgehead atoms. The van der Waals surface area contributed by atoms with Gasteiger partial charge in [0.2, 0.25) is 0 Å². The molecule has 0 amide bonds. The summed E-state index contributed by atoms with van der Waals surface area (Å²) in [5, 5.41) is 18.6. The van der Waals surface area contributed by atoms with Gasteiger partial charge in [-0.2, -0.15) is 0 Å². The Balaban J connectivity index is 2.81. The van der Waals surface area contributed by atoms with Gasteiger partial charge < -0.3 is 14.9 Å². The van der Waals surface area contributed by atoms with Gasteiger partial charge in [-0.1, -0.05) is 6.92 Å². The first-order valence-electron chi connectivity index (χ1n) is 4.51. The molecule has 1 saturated heterocycles. The highest BCUT2D eigenvalue weighted by atomic mass is 16.5. The van der Waals surface area contributed by atoms with Crippen LogP contribution in [0.2, 0.25) is 0 Å². The number of aliphatic hydroxyl groups excluding tert-OH is 1. The zero-order chi connectivity index (χ0) is 10.1. The molecule has 4 nitrogen and oxygen atoms in total. The van der Waals surface area contributed by atoms with Crippen LogP contribution in [0.25, 0.3) is 0 Å². The average Bonchev–Trinajstić information content (AvgIpc) is 2.50. The first kappa shape index (κ1) is 10.5. The van der Waals surface area contributed by atoms with E-state index >= 15 is 0 Å². The minimum atomic E-state index is -0.865. The van der Waals surface area contributed by atoms with Gasteiger partial charge in [0, 0.05) is 5.92 Å². The molecule has 76 valence electrons. The van der Waals surface area contributed by atoms with Gasteiger partial charge in [0.25, 0.3) is 0 Å². The van der Waals surface area contributed by atoms with Gasteiger partial charge in [-0.25, -0.2) is 0 Å². The molecule has 0 saturated carbocycles. The van der Waals surface area contributed by atoms with Crippen molar-refractivity contribution in [3.8, 4) is 0 Å². The first-order chi connectivity index (χ1) is 6.02. The molecule has 2 N–H and O–H groups in total. The average molecular weight is 188 g/mol. The monoisotopic (exact) mass is 188 g/mol. The Morgan fingerprint density at radius 3 is 2.54 bits per heavy atom. The van der Waals surface area contributed by atoms with Gasteiger partial charge in [-0.15, -0.1) is 0 Å². The van der Waals surface area contributed by atoms with Crippen LogP contribution in [0.1, 0.15) is 20.3 Å². The van der Waals surface area contributed by atoms with Crippen molar-refractivity contribution in [1.29, 1.82) is 0 Å². The number of hydrogen-bond acceptors (Lipinski definition) is 3. The highest BCUT2D eigenvalue weighted by Crippen LogP contribution is 2.36. The minimum Gasteiger partial charge on any atom is -0.481 e. The van der Waals surface area contributed by atoms with E-state index in [4.69, 9.17) is 9.84 Å². The summed E-state index contributed by atoms with van der Waals surface area (Å²) in [6, 6.07) is 0. The van der Waals surface area contributed by atoms with E-state index < -0.39 is 17.5 Å². The molecule has 0 aliphatic carbocycles. The molecule has 0 aromatic carbocycles. The van der Waals surface area contributed by atoms with Crippen molar-refractivity contribution in [2.75, 3.05) is 13.2 Å². The molecular formula is C9H16O4. The largest absolute Gasteiger partial charge is 0.481 e. The smallest absolute Gasteiger partial charge is 0.309 e. The van der Waals surface area contributed by atoms with Crippen LogP contribution in [0.3, 0.4) is 0 Å². The van der Waals surface area contributed by atoms with Crippen LogP contribution in [-0.2, 0) is 9.53 Å². The van der Waals surface area contributed by atoms with Gasteiger partial charge in [0.1, 0.15) is 0 Å². The van der Waals surface area contributed by atoms with Crippen LogP contribution in [0.4, 0.5) is 0 Å². The molecule has 0 spiro atoms. The van der Waals surface area contributed by atoms with Crippen LogP contribution in [0.5, 0.6) is 0 Å². The summed E-state index contributed by atoms with van der Waals surface area (Å²) in [4.78, 5) is 11.0. The highest BCUT2D eigenvalue weighted by molar-refractivity contribution is 5.74. The quantitative estimate of drug-likeness (QED) is 0.676. The second-order valence-electron chi connectivity index (χ2n) is 3.79. The lowest BCUT2D eigenvalue weighted by Gasteiger charge is -2.30. The van der Waals surface area contributed by atoms with Gasteiger partial charge in [0.05, 0.1) is 24.7 Å². The number of carboxylic acids is 1. The minimum absolute atomic E-state index is 0.257. The van der Waals surface area contributed by atoms with Crippen molar-refractivity contribution < 1.29 is 19.7 Å². The summed E-state index contributed by atoms with van der Waals surface area (Å²) in [5.74, 6) is -1.14. The van der Waals surface area contributed by atoms with Crippen LogP contribution in [0, 0.1) is 11.3 Å². The standard InChI is InChI=1S/C9H16O4/c1-3-9(2,8(11)12)6-4-13-5-7(6)10/h6-7,10H,3-5H2,1-2H3,(H,11,12). The molecule has 1 fully saturated rings. The number of aliphatic hydroxyl groups is 1. The number of ether oxygens (including phenoxy) is 1. The van der Waals surface area contributed by atoms with Gasteiger partial charge in [-0.3, -0.25) is 4.79 Å². The van der Waals surface area contributed by atoms with Crippen molar-refractivity contribution in [1.82, 2.24) is 0 Å². The molecule has 1 heterocycles. The van der Waals surface area contributed by atoms with E-state index in [9.17, 15) is 9.90 Å². The summed E-state index contributed by atoms with van der Waals surface area (Å²) < 4.78 is 5.05. The molecule has 3 atom stereocenters. The summed E-state index contributed by atoms with van der Waals surface area (Å²) in [5.41, 5.74) is -0.865. The molecule has 4 heteroatoms. The van der Waals surface area contributed by atoms with Crippen molar-refractivity contribution in [2.45, 2.75) is 26.4 Å². The Kier molecular flexibility index (Phi) is 2.93. The Morgan fingerprint density at radius 2 is 2.23 bits per heavy atom. The molecular weight excluding hydrogens is 172 g/mol. The van der Waals surface area contributed by atoms with E-state index in [1.807, 2.05) is 6.92 Å². The third kappa shape index (κ3) is 1.69. The summed E-state index contributed by atoms with van der Waals surface area (Å²) >= 11 is 0. The van der Waals surface area contributed by atoms with E-state index in [1.54, 1.807) is 6.92 Å². The predicted octanol–water partition coefficient (Wildman–Crippen LogP) is 0.495. The Hall–Kier alpha value is -0.610. The Labute approximate surface area is 77.5 Å². The topological polar surface area (TPSA) is 66.8 Å². The lowest BCUT2D eigenvalue weighted by molar-refractivity contribution is -0.153. The second-order valence-corrected chi connectivity index (χ2v) is 3.79. The molecule has 3 unspecified atom stereocenters. The van der Waals surface area contributed by atoms with Gasteiger partial charge in [0.15, 0.2) is 0 Å². The number of hydrogen-bond donors (Lipinski definition) is 2. The first-order valence-corrected chi connectivity index (χ1v) is 4.51. The van der Waals surface area contributed by atoms with Crippen molar-refractivity contribution in [2.24, 2.45) is 11.3 Å². The van der Waals surface area contributed by atoms with E-state index in [0.717, 1.165) is 0 Å². The molecule has 0 aromatic rings. The zero-order valence-corrected chi connectivity index (χ0v) is 7.99. The summed E-state index contributed by atoms with van der Waals surface area (Å²) in [7, 11) is 0. The summed E-state index contributed by atoms with van der Waals surface area (Å²) in [6.45, 7) is 4.09. The van der Waals surface area contributed by atoms with Crippen molar-refractivity contribution >= 4 is 5.97 Å². The second kappa shape index (κ2) is 3.64. The van der Waals surface area contributed by atoms with Gasteiger partial charge in [-0.05, 0) is 13.3 Å². The number of carboxylic acid groups (broad SMARTS) is 1. The molecule has 1 aliphatic heterocycles. The summed E-state index contributed by atoms with van der Waals surface area (Å²) in [6.07, 6.45) is -0.131. The van der Waals surface area contributed by atoms with Crippen LogP contribution < -0.4 is 0 Å². The lowest BCUT2D eigenvalue weighted by atomic mass is 9.73. The fourth-order valence-electron chi connectivity index (χ4n) is 1.72. The van der Waals surface area contributed by atoms with Crippen LogP contribution in [-0.4, -0.2) is 35.5 Å². The maximum Gasteiger partial charge on any atom is 0.309 e. The molecule has 0 radical (unpaired) electrons. The van der Waals surface area contributed by atoms with Crippen molar-refractivity contribution in [3.05, 3.63) is 0 Å². The fraction of sp³-hybridized carbons (Fsp3) is 0.889. The Morgan fingerprint density at radius 1 is 1.62 bits per heavy atom. The normalized spacial score (nSPS) is 32.8.